The second-order valence-electron chi connectivity index (χ2n) is 6.30. The van der Waals surface area contributed by atoms with Crippen LogP contribution in [0.25, 0.3) is 10.9 Å². The number of hydrazone groups is 1. The Kier molecular flexibility index (Phi) is 5.58. The predicted octanol–water partition coefficient (Wildman–Crippen LogP) is 4.95. The van der Waals surface area contributed by atoms with E-state index >= 15 is 0 Å². The molecule has 0 aliphatic rings. The van der Waals surface area contributed by atoms with E-state index in [-0.39, 0.29) is 0 Å². The summed E-state index contributed by atoms with van der Waals surface area (Å²) in [5.74, 6) is 1.21. The van der Waals surface area contributed by atoms with Crippen molar-refractivity contribution >= 4 is 28.6 Å². The molecule has 142 valence electrons. The zero-order valence-corrected chi connectivity index (χ0v) is 16.0. The van der Waals surface area contributed by atoms with Gasteiger partial charge in [-0.2, -0.15) is 5.10 Å². The molecule has 0 saturated carbocycles. The van der Waals surface area contributed by atoms with Crippen LogP contribution in [-0.4, -0.2) is 24.1 Å². The van der Waals surface area contributed by atoms with Crippen LogP contribution < -0.4 is 10.2 Å². The van der Waals surface area contributed by atoms with Gasteiger partial charge in [0.1, 0.15) is 17.1 Å². The first-order valence-corrected chi connectivity index (χ1v) is 9.25. The van der Waals surface area contributed by atoms with E-state index < -0.39 is 0 Å². The average molecular weight is 380 g/mol. The van der Waals surface area contributed by atoms with Crippen molar-refractivity contribution in [3.63, 3.8) is 0 Å². The van der Waals surface area contributed by atoms with Crippen molar-refractivity contribution in [2.24, 2.45) is 10.1 Å². The highest BCUT2D eigenvalue weighted by Gasteiger charge is 2.08. The lowest BCUT2D eigenvalue weighted by atomic mass is 10.2. The molecule has 0 spiro atoms. The molecule has 0 fully saturated rings. The molecule has 0 aliphatic heterocycles. The van der Waals surface area contributed by atoms with Crippen molar-refractivity contribution < 1.29 is 4.74 Å². The number of benzene rings is 3. The topological polar surface area (TPSA) is 58.9 Å². The third kappa shape index (κ3) is 4.47. The summed E-state index contributed by atoms with van der Waals surface area (Å²) in [4.78, 5) is 9.49. The van der Waals surface area contributed by atoms with E-state index in [1.807, 2.05) is 91.0 Å². The molecule has 1 N–H and O–H groups in total. The predicted molar refractivity (Wildman–Crippen MR) is 118 cm³/mol. The number of pyridine rings is 1. The normalized spacial score (nSPS) is 11.7. The largest absolute Gasteiger partial charge is 0.494 e. The van der Waals surface area contributed by atoms with Gasteiger partial charge in [-0.05, 0) is 29.8 Å². The van der Waals surface area contributed by atoms with Crippen LogP contribution in [-0.2, 0) is 0 Å². The molecule has 4 rings (SSSR count). The van der Waals surface area contributed by atoms with Crippen LogP contribution >= 0.6 is 0 Å². The molecule has 1 aromatic heterocycles. The summed E-state index contributed by atoms with van der Waals surface area (Å²) in [7, 11) is 1.63. The molecule has 0 atom stereocenters. The number of fused-ring (bicyclic) bond motifs is 1. The highest BCUT2D eigenvalue weighted by Crippen LogP contribution is 2.27. The van der Waals surface area contributed by atoms with E-state index in [4.69, 9.17) is 14.7 Å². The summed E-state index contributed by atoms with van der Waals surface area (Å²) in [6.45, 7) is 0. The summed E-state index contributed by atoms with van der Waals surface area (Å²) in [5, 5.41) is 5.43. The van der Waals surface area contributed by atoms with E-state index in [0.717, 1.165) is 16.5 Å². The van der Waals surface area contributed by atoms with Gasteiger partial charge in [0.25, 0.3) is 0 Å². The smallest absolute Gasteiger partial charge is 0.173 e. The van der Waals surface area contributed by atoms with Crippen LogP contribution in [0.15, 0.2) is 101 Å². The molecule has 5 nitrogen and oxygen atoms in total. The molecule has 0 unspecified atom stereocenters. The lowest BCUT2D eigenvalue weighted by Gasteiger charge is -2.09. The van der Waals surface area contributed by atoms with Gasteiger partial charge in [-0.25, -0.2) is 9.98 Å². The molecule has 5 heteroatoms. The van der Waals surface area contributed by atoms with Crippen LogP contribution in [0.4, 0.5) is 5.69 Å². The molecule has 1 heterocycles. The Morgan fingerprint density at radius 3 is 2.48 bits per heavy atom. The van der Waals surface area contributed by atoms with Gasteiger partial charge in [0.05, 0.1) is 18.8 Å². The van der Waals surface area contributed by atoms with Gasteiger partial charge in [-0.1, -0.05) is 66.7 Å². The number of amidine groups is 1. The Labute approximate surface area is 169 Å². The highest BCUT2D eigenvalue weighted by atomic mass is 16.5. The number of rotatable bonds is 5. The first kappa shape index (κ1) is 18.4. The SMILES string of the molecule is COc1ccccc1N=C(N/N=C\c1ccccc1)c1ccc2ccccc2n1. The van der Waals surface area contributed by atoms with Gasteiger partial charge in [-0.15, -0.1) is 0 Å². The Hall–Kier alpha value is -3.99. The Morgan fingerprint density at radius 2 is 1.62 bits per heavy atom. The fraction of sp³-hybridized carbons (Fsp3) is 0.0417. The monoisotopic (exact) mass is 380 g/mol. The van der Waals surface area contributed by atoms with Crippen molar-refractivity contribution in [3.8, 4) is 5.75 Å². The summed E-state index contributed by atoms with van der Waals surface area (Å²) in [6.07, 6.45) is 1.75. The lowest BCUT2D eigenvalue weighted by molar-refractivity contribution is 0.416. The third-order valence-electron chi connectivity index (χ3n) is 4.34. The number of nitrogens with one attached hydrogen (secondary N) is 1. The Morgan fingerprint density at radius 1 is 0.862 bits per heavy atom. The van der Waals surface area contributed by atoms with Gasteiger partial charge >= 0.3 is 0 Å². The van der Waals surface area contributed by atoms with Crippen LogP contribution in [0.3, 0.4) is 0 Å². The summed E-state index contributed by atoms with van der Waals surface area (Å²) in [6, 6.07) is 29.4. The number of aromatic nitrogens is 1. The van der Waals surface area contributed by atoms with Crippen molar-refractivity contribution in [3.05, 3.63) is 102 Å². The molecule has 0 bridgehead atoms. The van der Waals surface area contributed by atoms with Crippen molar-refractivity contribution in [1.29, 1.82) is 0 Å². The quantitative estimate of drug-likeness (QED) is 0.303. The van der Waals surface area contributed by atoms with Gasteiger partial charge in [0.15, 0.2) is 5.84 Å². The maximum atomic E-state index is 5.43. The van der Waals surface area contributed by atoms with E-state index in [0.29, 0.717) is 23.0 Å². The number of methoxy groups -OCH3 is 1. The molecular formula is C24H20N4O. The standard InChI is InChI=1S/C24H20N4O/c1-29-23-14-8-7-13-21(23)27-24(28-25-17-18-9-3-2-4-10-18)22-16-15-19-11-5-6-12-20(19)26-22/h2-17H,1H3,(H,27,28)/b25-17-. The molecule has 0 aliphatic carbocycles. The second kappa shape index (κ2) is 8.80. The van der Waals surface area contributed by atoms with E-state index in [1.165, 1.54) is 0 Å². The number of para-hydroxylation sites is 3. The van der Waals surface area contributed by atoms with Crippen molar-refractivity contribution in [2.75, 3.05) is 7.11 Å². The molecule has 0 saturated heterocycles. The van der Waals surface area contributed by atoms with Gasteiger partial charge < -0.3 is 4.74 Å². The molecule has 29 heavy (non-hydrogen) atoms. The van der Waals surface area contributed by atoms with E-state index in [1.54, 1.807) is 13.3 Å². The zero-order valence-electron chi connectivity index (χ0n) is 16.0. The Balaban J connectivity index is 1.73. The fourth-order valence-corrected chi connectivity index (χ4v) is 2.89. The average Bonchev–Trinajstić information content (AvgIpc) is 2.79. The number of nitrogens with zero attached hydrogens (tertiary/aromatic N) is 3. The minimum Gasteiger partial charge on any atom is -0.494 e. The fourth-order valence-electron chi connectivity index (χ4n) is 2.89. The zero-order chi connectivity index (χ0) is 19.9. The van der Waals surface area contributed by atoms with Gasteiger partial charge in [0.2, 0.25) is 0 Å². The first-order chi connectivity index (χ1) is 14.3. The van der Waals surface area contributed by atoms with E-state index in [2.05, 4.69) is 10.5 Å². The van der Waals surface area contributed by atoms with Crippen LogP contribution in [0.5, 0.6) is 5.75 Å². The molecule has 0 amide bonds. The Bertz CT molecular complexity index is 1170. The van der Waals surface area contributed by atoms with Gasteiger partial charge in [0, 0.05) is 5.39 Å². The number of ether oxygens (including phenoxy) is 1. The summed E-state index contributed by atoms with van der Waals surface area (Å²) in [5.41, 5.74) is 6.33. The summed E-state index contributed by atoms with van der Waals surface area (Å²) < 4.78 is 5.43. The third-order valence-corrected chi connectivity index (χ3v) is 4.34. The maximum absolute atomic E-state index is 5.43. The molecule has 3 aromatic carbocycles. The molecule has 4 aromatic rings. The lowest BCUT2D eigenvalue weighted by Crippen LogP contribution is -2.20. The van der Waals surface area contributed by atoms with Crippen LogP contribution in [0.1, 0.15) is 11.3 Å². The van der Waals surface area contributed by atoms with Crippen molar-refractivity contribution in [1.82, 2.24) is 10.4 Å². The number of aliphatic imine (C=N–C) groups is 1. The summed E-state index contributed by atoms with van der Waals surface area (Å²) >= 11 is 0. The molecular weight excluding hydrogens is 360 g/mol. The van der Waals surface area contributed by atoms with Crippen molar-refractivity contribution in [2.45, 2.75) is 0 Å². The maximum Gasteiger partial charge on any atom is 0.173 e. The molecule has 0 radical (unpaired) electrons. The number of hydrogen-bond donors (Lipinski definition) is 1. The first-order valence-electron chi connectivity index (χ1n) is 9.25. The van der Waals surface area contributed by atoms with Crippen LogP contribution in [0, 0.1) is 0 Å². The highest BCUT2D eigenvalue weighted by molar-refractivity contribution is 6.01. The van der Waals surface area contributed by atoms with Gasteiger partial charge in [-0.3, -0.25) is 5.43 Å². The minimum atomic E-state index is 0.535. The second-order valence-corrected chi connectivity index (χ2v) is 6.30. The minimum absolute atomic E-state index is 0.535. The van der Waals surface area contributed by atoms with E-state index in [9.17, 15) is 0 Å². The number of hydrogen-bond acceptors (Lipinski definition) is 4. The van der Waals surface area contributed by atoms with Crippen LogP contribution in [0.2, 0.25) is 0 Å².